The minimum Gasteiger partial charge on any atom is -0.379 e. The van der Waals surface area contributed by atoms with Gasteiger partial charge in [0, 0.05) is 18.8 Å². The molecule has 1 fully saturated rings. The molecule has 1 heterocycles. The average molecular weight is 250 g/mol. The highest BCUT2D eigenvalue weighted by Crippen LogP contribution is 2.15. The maximum atomic E-state index is 10.3. The van der Waals surface area contributed by atoms with Crippen molar-refractivity contribution in [3.63, 3.8) is 0 Å². The number of hydrogen-bond acceptors (Lipinski definition) is 2. The van der Waals surface area contributed by atoms with Gasteiger partial charge in [0.1, 0.15) is 0 Å². The highest BCUT2D eigenvalue weighted by molar-refractivity contribution is 5.52. The Bertz CT molecular complexity index is 333. The highest BCUT2D eigenvalue weighted by Gasteiger charge is 2.24. The lowest BCUT2D eigenvalue weighted by molar-refractivity contribution is -0.121. The highest BCUT2D eigenvalue weighted by atomic mass is 16.1. The first-order valence-electron chi connectivity index (χ1n) is 6.80. The molecule has 0 radical (unpaired) electrons. The van der Waals surface area contributed by atoms with Crippen molar-refractivity contribution in [2.24, 2.45) is 0 Å². The van der Waals surface area contributed by atoms with Crippen LogP contribution in [0.5, 0.6) is 0 Å². The zero-order chi connectivity index (χ0) is 14.0. The molecule has 0 unspecified atom stereocenters. The number of hydrogen-bond donors (Lipinski definition) is 1. The summed E-state index contributed by atoms with van der Waals surface area (Å²) in [4.78, 5) is 12.1. The topological polar surface area (TPSA) is 32.3 Å². The summed E-state index contributed by atoms with van der Waals surface area (Å²) in [6.07, 6.45) is 0.897. The molecule has 0 atom stereocenters. The third-order valence-electron chi connectivity index (χ3n) is 2.45. The van der Waals surface area contributed by atoms with Gasteiger partial charge in [-0.05, 0) is 24.6 Å². The summed E-state index contributed by atoms with van der Waals surface area (Å²) in [5, 5.41) is 3.38. The predicted octanol–water partition coefficient (Wildman–Crippen LogP) is 3.30. The van der Waals surface area contributed by atoms with Crippen molar-refractivity contribution in [1.29, 1.82) is 0 Å². The molecule has 0 saturated carbocycles. The molecule has 1 amide bonds. The maximum Gasteiger partial charge on any atom is 0.209 e. The van der Waals surface area contributed by atoms with Gasteiger partial charge in [0.25, 0.3) is 0 Å². The van der Waals surface area contributed by atoms with Crippen LogP contribution in [-0.2, 0) is 4.79 Å². The molecule has 1 aromatic rings. The normalized spacial score (nSPS) is 13.3. The van der Waals surface area contributed by atoms with Crippen molar-refractivity contribution < 1.29 is 4.79 Å². The second-order valence-electron chi connectivity index (χ2n) is 3.77. The Balaban J connectivity index is 0.000000659. The molecule has 3 nitrogen and oxygen atoms in total. The molecule has 1 aliphatic rings. The molecule has 1 N–H and O–H groups in total. The van der Waals surface area contributed by atoms with Crippen LogP contribution in [0.25, 0.3) is 0 Å². The molecule has 1 aromatic carbocycles. The number of carbonyl (C=O) groups excluding carboxylic acids is 1. The van der Waals surface area contributed by atoms with E-state index in [4.69, 9.17) is 0 Å². The molecule has 0 spiro atoms. The van der Waals surface area contributed by atoms with E-state index < -0.39 is 0 Å². The van der Waals surface area contributed by atoms with Crippen molar-refractivity contribution >= 4 is 12.1 Å². The first-order chi connectivity index (χ1) is 8.78. The van der Waals surface area contributed by atoms with E-state index in [-0.39, 0.29) is 0 Å². The van der Waals surface area contributed by atoms with E-state index in [0.29, 0.717) is 6.04 Å². The summed E-state index contributed by atoms with van der Waals surface area (Å²) in [5.74, 6) is 0. The zero-order valence-corrected chi connectivity index (χ0v) is 12.2. The quantitative estimate of drug-likeness (QED) is 0.835. The van der Waals surface area contributed by atoms with Crippen LogP contribution in [-0.4, -0.2) is 30.4 Å². The van der Waals surface area contributed by atoms with E-state index in [2.05, 4.69) is 30.4 Å². The molecule has 3 heteroatoms. The molecule has 0 bridgehead atoms. The van der Waals surface area contributed by atoms with Crippen LogP contribution in [0.2, 0.25) is 0 Å². The van der Waals surface area contributed by atoms with Gasteiger partial charge in [0.2, 0.25) is 6.41 Å². The van der Waals surface area contributed by atoms with Crippen molar-refractivity contribution in [1.82, 2.24) is 4.90 Å². The molecule has 18 heavy (non-hydrogen) atoms. The summed E-state index contributed by atoms with van der Waals surface area (Å²) in [7, 11) is 0. The van der Waals surface area contributed by atoms with Gasteiger partial charge in [-0.1, -0.05) is 39.8 Å². The Hall–Kier alpha value is -1.51. The predicted molar refractivity (Wildman–Crippen MR) is 78.9 cm³/mol. The minimum atomic E-state index is 0.419. The largest absolute Gasteiger partial charge is 0.379 e. The Labute approximate surface area is 111 Å². The molecule has 0 aliphatic carbocycles. The fourth-order valence-electron chi connectivity index (χ4n) is 1.66. The Kier molecular flexibility index (Phi) is 8.71. The summed E-state index contributed by atoms with van der Waals surface area (Å²) in [6.45, 7) is 11.7. The van der Waals surface area contributed by atoms with Crippen molar-refractivity contribution in [3.8, 4) is 0 Å². The zero-order valence-electron chi connectivity index (χ0n) is 12.2. The van der Waals surface area contributed by atoms with Gasteiger partial charge in [0.05, 0.1) is 6.04 Å². The van der Waals surface area contributed by atoms with Crippen LogP contribution in [0.15, 0.2) is 24.3 Å². The van der Waals surface area contributed by atoms with E-state index in [1.165, 1.54) is 5.56 Å². The van der Waals surface area contributed by atoms with Crippen molar-refractivity contribution in [2.45, 2.75) is 40.7 Å². The fraction of sp³-hybridized carbons (Fsp3) is 0.533. The molecule has 2 rings (SSSR count). The number of aryl methyl sites for hydroxylation is 1. The van der Waals surface area contributed by atoms with Gasteiger partial charge in [-0.25, -0.2) is 0 Å². The van der Waals surface area contributed by atoms with Crippen LogP contribution in [0.1, 0.15) is 33.3 Å². The first kappa shape index (κ1) is 16.5. The van der Waals surface area contributed by atoms with E-state index >= 15 is 0 Å². The number of rotatable bonds is 3. The molecular weight excluding hydrogens is 224 g/mol. The number of likely N-dealkylation sites (tertiary alicyclic amines) is 1. The monoisotopic (exact) mass is 250 g/mol. The third-order valence-corrected chi connectivity index (χ3v) is 2.45. The molecule has 1 saturated heterocycles. The second kappa shape index (κ2) is 9.51. The molecule has 102 valence electrons. The Morgan fingerprint density at radius 1 is 1.22 bits per heavy atom. The number of benzene rings is 1. The van der Waals surface area contributed by atoms with Gasteiger partial charge in [-0.2, -0.15) is 0 Å². The summed E-state index contributed by atoms with van der Waals surface area (Å²) >= 11 is 0. The van der Waals surface area contributed by atoms with E-state index in [1.54, 1.807) is 4.90 Å². The average Bonchev–Trinajstić information content (AvgIpc) is 2.38. The number of amides is 1. The van der Waals surface area contributed by atoms with E-state index in [1.807, 2.05) is 33.8 Å². The fourth-order valence-corrected chi connectivity index (χ4v) is 1.66. The standard InChI is InChI=1S/C11H14N2O.2C2H6/c1-9-3-2-4-10(5-9)12-11-6-13(7-11)8-14;2*1-2/h2-5,8,11-12H,6-7H2,1H3;2*1-2H3. The lowest BCUT2D eigenvalue weighted by Crippen LogP contribution is -2.53. The van der Waals surface area contributed by atoms with Gasteiger partial charge < -0.3 is 10.2 Å². The van der Waals surface area contributed by atoms with Crippen molar-refractivity contribution in [3.05, 3.63) is 29.8 Å². The maximum absolute atomic E-state index is 10.3. The molecular formula is C15H26N2O. The Morgan fingerprint density at radius 3 is 2.33 bits per heavy atom. The van der Waals surface area contributed by atoms with E-state index in [9.17, 15) is 4.79 Å². The van der Waals surface area contributed by atoms with Crippen LogP contribution in [0, 0.1) is 6.92 Å². The third kappa shape index (κ3) is 5.21. The van der Waals surface area contributed by atoms with Crippen LogP contribution >= 0.6 is 0 Å². The van der Waals surface area contributed by atoms with Crippen molar-refractivity contribution in [2.75, 3.05) is 18.4 Å². The minimum absolute atomic E-state index is 0.419. The summed E-state index contributed by atoms with van der Waals surface area (Å²) in [6, 6.07) is 8.69. The van der Waals surface area contributed by atoms with Gasteiger partial charge in [-0.15, -0.1) is 0 Å². The van der Waals surface area contributed by atoms with Crippen LogP contribution in [0.4, 0.5) is 5.69 Å². The van der Waals surface area contributed by atoms with E-state index in [0.717, 1.165) is 25.2 Å². The lowest BCUT2D eigenvalue weighted by Gasteiger charge is -2.37. The van der Waals surface area contributed by atoms with Gasteiger partial charge in [-0.3, -0.25) is 4.79 Å². The number of nitrogens with one attached hydrogen (secondary N) is 1. The first-order valence-corrected chi connectivity index (χ1v) is 6.80. The number of nitrogens with zero attached hydrogens (tertiary/aromatic N) is 1. The molecule has 0 aromatic heterocycles. The SMILES string of the molecule is CC.CC.Cc1cccc(NC2CN(C=O)C2)c1. The number of carbonyl (C=O) groups is 1. The van der Waals surface area contributed by atoms with Gasteiger partial charge in [0.15, 0.2) is 0 Å². The van der Waals surface area contributed by atoms with Gasteiger partial charge >= 0.3 is 0 Å². The van der Waals surface area contributed by atoms with Crippen LogP contribution < -0.4 is 5.32 Å². The molecule has 1 aliphatic heterocycles. The second-order valence-corrected chi connectivity index (χ2v) is 3.77. The number of anilines is 1. The lowest BCUT2D eigenvalue weighted by atomic mass is 10.1. The van der Waals surface area contributed by atoms with Crippen LogP contribution in [0.3, 0.4) is 0 Å². The smallest absolute Gasteiger partial charge is 0.209 e. The summed E-state index contributed by atoms with van der Waals surface area (Å²) < 4.78 is 0. The Morgan fingerprint density at radius 2 is 1.83 bits per heavy atom. The summed E-state index contributed by atoms with van der Waals surface area (Å²) in [5.41, 5.74) is 2.39.